The maximum atomic E-state index is 12.7. The van der Waals surface area contributed by atoms with Gasteiger partial charge in [-0.15, -0.1) is 11.3 Å². The van der Waals surface area contributed by atoms with Crippen LogP contribution in [-0.4, -0.2) is 56.0 Å². The van der Waals surface area contributed by atoms with E-state index in [0.717, 1.165) is 23.6 Å². The second-order valence-electron chi connectivity index (χ2n) is 6.53. The van der Waals surface area contributed by atoms with Gasteiger partial charge in [-0.05, 0) is 36.8 Å². The predicted molar refractivity (Wildman–Crippen MR) is 92.4 cm³/mol. The molecule has 1 aliphatic carbocycles. The molecule has 1 aromatic rings. The van der Waals surface area contributed by atoms with Crippen molar-refractivity contribution in [1.82, 2.24) is 9.21 Å². The Balaban J connectivity index is 1.67. The first-order valence-electron chi connectivity index (χ1n) is 8.24. The fraction of sp³-hybridized carbons (Fsp3) is 0.688. The molecular weight excluding hydrogens is 332 g/mol. The second kappa shape index (κ2) is 6.53. The number of aryl methyl sites for hydroxylation is 1. The summed E-state index contributed by atoms with van der Waals surface area (Å²) >= 11 is 1.63. The Morgan fingerprint density at radius 1 is 1.30 bits per heavy atom. The Morgan fingerprint density at radius 3 is 2.61 bits per heavy atom. The first-order valence-corrected chi connectivity index (χ1v) is 10.9. The minimum absolute atomic E-state index is 0.0607. The van der Waals surface area contributed by atoms with E-state index in [-0.39, 0.29) is 5.91 Å². The molecule has 1 aliphatic heterocycles. The van der Waals surface area contributed by atoms with Gasteiger partial charge >= 0.3 is 0 Å². The van der Waals surface area contributed by atoms with Gasteiger partial charge in [0.1, 0.15) is 0 Å². The number of carbonyl (C=O) groups is 1. The van der Waals surface area contributed by atoms with Crippen molar-refractivity contribution in [3.63, 3.8) is 0 Å². The van der Waals surface area contributed by atoms with E-state index in [9.17, 15) is 13.2 Å². The average Bonchev–Trinajstić information content (AvgIpc) is 2.96. The van der Waals surface area contributed by atoms with Gasteiger partial charge in [0, 0.05) is 31.1 Å². The highest BCUT2D eigenvalue weighted by Gasteiger charge is 2.29. The summed E-state index contributed by atoms with van der Waals surface area (Å²) in [6.45, 7) is 3.98. The van der Waals surface area contributed by atoms with Crippen molar-refractivity contribution in [2.24, 2.45) is 5.92 Å². The molecule has 2 aliphatic rings. The zero-order valence-corrected chi connectivity index (χ0v) is 15.4. The van der Waals surface area contributed by atoms with Crippen LogP contribution in [0.25, 0.3) is 0 Å². The highest BCUT2D eigenvalue weighted by Crippen LogP contribution is 2.34. The number of nitrogens with zero attached hydrogens (tertiary/aromatic N) is 2. The quantitative estimate of drug-likeness (QED) is 0.832. The van der Waals surface area contributed by atoms with Crippen molar-refractivity contribution < 1.29 is 13.2 Å². The fourth-order valence-corrected chi connectivity index (χ4v) is 5.43. The van der Waals surface area contributed by atoms with Crippen LogP contribution in [0.1, 0.15) is 39.9 Å². The lowest BCUT2D eigenvalue weighted by Crippen LogP contribution is -2.50. The number of thiophene rings is 1. The van der Waals surface area contributed by atoms with Crippen LogP contribution in [0, 0.1) is 5.92 Å². The van der Waals surface area contributed by atoms with Crippen molar-refractivity contribution in [3.8, 4) is 0 Å². The Kier molecular flexibility index (Phi) is 4.80. The van der Waals surface area contributed by atoms with Crippen LogP contribution in [-0.2, 0) is 22.9 Å². The van der Waals surface area contributed by atoms with Gasteiger partial charge < -0.3 is 4.90 Å². The molecule has 1 saturated heterocycles. The predicted octanol–water partition coefficient (Wildman–Crippen LogP) is 1.98. The van der Waals surface area contributed by atoms with Gasteiger partial charge in [0.05, 0.1) is 11.1 Å². The molecule has 23 heavy (non-hydrogen) atoms. The van der Waals surface area contributed by atoms with E-state index < -0.39 is 10.0 Å². The molecule has 5 nitrogen and oxygen atoms in total. The molecule has 1 amide bonds. The average molecular weight is 357 g/mol. The number of sulfonamides is 1. The first-order chi connectivity index (χ1) is 10.9. The van der Waals surface area contributed by atoms with Crippen LogP contribution in [0.5, 0.6) is 0 Å². The summed E-state index contributed by atoms with van der Waals surface area (Å²) in [7, 11) is -3.15. The maximum Gasteiger partial charge on any atom is 0.264 e. The molecule has 128 valence electrons. The number of piperazine rings is 1. The van der Waals surface area contributed by atoms with Gasteiger partial charge in [-0.1, -0.05) is 13.3 Å². The molecule has 1 atom stereocenters. The summed E-state index contributed by atoms with van der Waals surface area (Å²) in [5.74, 6) is 0.809. The van der Waals surface area contributed by atoms with Crippen molar-refractivity contribution in [1.29, 1.82) is 0 Å². The fourth-order valence-electron chi connectivity index (χ4n) is 3.43. The first kappa shape index (κ1) is 16.9. The minimum Gasteiger partial charge on any atom is -0.335 e. The summed E-state index contributed by atoms with van der Waals surface area (Å²) < 4.78 is 24.5. The lowest BCUT2D eigenvalue weighted by molar-refractivity contribution is 0.0703. The number of fused-ring (bicyclic) bond motifs is 1. The smallest absolute Gasteiger partial charge is 0.264 e. The van der Waals surface area contributed by atoms with Crippen LogP contribution < -0.4 is 0 Å². The zero-order chi connectivity index (χ0) is 16.6. The van der Waals surface area contributed by atoms with E-state index >= 15 is 0 Å². The van der Waals surface area contributed by atoms with Crippen LogP contribution in [0.3, 0.4) is 0 Å². The number of hydrogen-bond acceptors (Lipinski definition) is 4. The van der Waals surface area contributed by atoms with Crippen molar-refractivity contribution in [2.45, 2.75) is 32.6 Å². The van der Waals surface area contributed by atoms with E-state index in [0.29, 0.717) is 26.2 Å². The maximum absolute atomic E-state index is 12.7. The molecule has 0 radical (unpaired) electrons. The van der Waals surface area contributed by atoms with E-state index in [1.165, 1.54) is 33.8 Å². The second-order valence-corrected chi connectivity index (χ2v) is 9.65. The van der Waals surface area contributed by atoms with Gasteiger partial charge in [0.2, 0.25) is 10.0 Å². The lowest BCUT2D eigenvalue weighted by atomic mass is 9.87. The zero-order valence-electron chi connectivity index (χ0n) is 13.7. The third kappa shape index (κ3) is 3.61. The summed E-state index contributed by atoms with van der Waals surface area (Å²) in [5.41, 5.74) is 1.35. The van der Waals surface area contributed by atoms with Gasteiger partial charge in [-0.3, -0.25) is 4.79 Å². The highest BCUT2D eigenvalue weighted by atomic mass is 32.2. The monoisotopic (exact) mass is 356 g/mol. The molecule has 0 N–H and O–H groups in total. The van der Waals surface area contributed by atoms with Gasteiger partial charge in [0.15, 0.2) is 0 Å². The van der Waals surface area contributed by atoms with Crippen LogP contribution in [0.2, 0.25) is 0 Å². The molecule has 0 bridgehead atoms. The topological polar surface area (TPSA) is 57.7 Å². The third-order valence-electron chi connectivity index (χ3n) is 4.97. The Morgan fingerprint density at radius 2 is 2.00 bits per heavy atom. The van der Waals surface area contributed by atoms with Crippen molar-refractivity contribution in [2.75, 3.05) is 32.4 Å². The number of rotatable bonds is 3. The van der Waals surface area contributed by atoms with Crippen LogP contribution >= 0.6 is 11.3 Å². The normalized spacial score (nSPS) is 22.9. The number of amides is 1. The molecule has 0 spiro atoms. The largest absolute Gasteiger partial charge is 0.335 e. The standard InChI is InChI=1S/C16H24N2O3S2/c1-3-12-4-5-14-13(10-12)11-15(22-14)16(19)17-6-8-18(9-7-17)23(2,20)21/h11-12H,3-10H2,1-2H3/t12-/m0/s1. The van der Waals surface area contributed by atoms with E-state index in [2.05, 4.69) is 13.0 Å². The Hall–Kier alpha value is -0.920. The molecule has 3 rings (SSSR count). The molecule has 0 unspecified atom stereocenters. The minimum atomic E-state index is -3.15. The molecule has 0 saturated carbocycles. The molecule has 0 aromatic carbocycles. The van der Waals surface area contributed by atoms with Gasteiger partial charge in [-0.25, -0.2) is 8.42 Å². The third-order valence-corrected chi connectivity index (χ3v) is 7.50. The van der Waals surface area contributed by atoms with Crippen molar-refractivity contribution >= 4 is 27.3 Å². The number of hydrogen-bond donors (Lipinski definition) is 0. The van der Waals surface area contributed by atoms with Crippen molar-refractivity contribution in [3.05, 3.63) is 21.4 Å². The molecule has 1 fully saturated rings. The summed E-state index contributed by atoms with van der Waals surface area (Å²) in [6.07, 6.45) is 5.84. The highest BCUT2D eigenvalue weighted by molar-refractivity contribution is 7.88. The van der Waals surface area contributed by atoms with Gasteiger partial charge in [-0.2, -0.15) is 4.31 Å². The van der Waals surface area contributed by atoms with E-state index in [1.807, 2.05) is 0 Å². The summed E-state index contributed by atoms with van der Waals surface area (Å²) in [5, 5.41) is 0. The number of carbonyl (C=O) groups excluding carboxylic acids is 1. The van der Waals surface area contributed by atoms with E-state index in [1.54, 1.807) is 16.2 Å². The molecular formula is C16H24N2O3S2. The van der Waals surface area contributed by atoms with Crippen LogP contribution in [0.15, 0.2) is 6.07 Å². The lowest BCUT2D eigenvalue weighted by Gasteiger charge is -2.33. The Bertz CT molecular complexity index is 688. The molecule has 1 aromatic heterocycles. The van der Waals surface area contributed by atoms with Crippen LogP contribution in [0.4, 0.5) is 0 Å². The van der Waals surface area contributed by atoms with E-state index in [4.69, 9.17) is 0 Å². The van der Waals surface area contributed by atoms with Gasteiger partial charge in [0.25, 0.3) is 5.91 Å². The molecule has 7 heteroatoms. The SMILES string of the molecule is CC[C@H]1CCc2sc(C(=O)N3CCN(S(C)(=O)=O)CC3)cc2C1. The summed E-state index contributed by atoms with van der Waals surface area (Å²) in [6, 6.07) is 2.08. The molecule has 2 heterocycles. The summed E-state index contributed by atoms with van der Waals surface area (Å²) in [4.78, 5) is 16.7. The Labute approximate surface area is 142 Å².